The smallest absolute Gasteiger partial charge is 0.243 e. The van der Waals surface area contributed by atoms with Crippen LogP contribution in [0, 0.1) is 17.2 Å². The van der Waals surface area contributed by atoms with Crippen LogP contribution in [0.15, 0.2) is 23.1 Å². The number of hydrogen-bond acceptors (Lipinski definition) is 4. The zero-order chi connectivity index (χ0) is 15.6. The maximum Gasteiger partial charge on any atom is 0.243 e. The van der Waals surface area contributed by atoms with Crippen LogP contribution in [0.4, 0.5) is 0 Å². The summed E-state index contributed by atoms with van der Waals surface area (Å²) in [6.07, 6.45) is 1.79. The lowest BCUT2D eigenvalue weighted by atomic mass is 9.93. The minimum Gasteiger partial charge on any atom is -0.329 e. The van der Waals surface area contributed by atoms with Gasteiger partial charge in [0.15, 0.2) is 0 Å². The molecule has 0 aromatic heterocycles. The molecule has 1 saturated heterocycles. The molecule has 1 heterocycles. The van der Waals surface area contributed by atoms with Gasteiger partial charge in [0.05, 0.1) is 15.5 Å². The molecule has 0 saturated carbocycles. The van der Waals surface area contributed by atoms with Gasteiger partial charge in [0.2, 0.25) is 10.0 Å². The van der Waals surface area contributed by atoms with Crippen molar-refractivity contribution >= 4 is 21.6 Å². The van der Waals surface area contributed by atoms with Gasteiger partial charge in [0.25, 0.3) is 0 Å². The first kappa shape index (κ1) is 16.2. The summed E-state index contributed by atoms with van der Waals surface area (Å²) in [5.41, 5.74) is 6.02. The summed E-state index contributed by atoms with van der Waals surface area (Å²) in [6, 6.07) is 5.91. The molecule has 0 amide bonds. The van der Waals surface area contributed by atoms with Crippen molar-refractivity contribution in [3.05, 3.63) is 28.8 Å². The quantitative estimate of drug-likeness (QED) is 0.919. The lowest BCUT2D eigenvalue weighted by Gasteiger charge is -2.38. The van der Waals surface area contributed by atoms with Gasteiger partial charge in [-0.25, -0.2) is 8.42 Å². The Hall–Kier alpha value is -1.13. The number of hydrogen-bond donors (Lipinski definition) is 1. The Morgan fingerprint density at radius 2 is 2.24 bits per heavy atom. The Balaban J connectivity index is 2.41. The fourth-order valence-electron chi connectivity index (χ4n) is 2.74. The second-order valence-corrected chi connectivity index (χ2v) is 7.59. The lowest BCUT2D eigenvalue weighted by Crippen LogP contribution is -2.51. The van der Waals surface area contributed by atoms with Crippen molar-refractivity contribution in [1.29, 1.82) is 5.26 Å². The zero-order valence-corrected chi connectivity index (χ0v) is 13.4. The molecule has 1 aromatic rings. The minimum absolute atomic E-state index is 0.110. The highest BCUT2D eigenvalue weighted by molar-refractivity contribution is 7.89. The van der Waals surface area contributed by atoms with Crippen LogP contribution in [0.3, 0.4) is 0 Å². The van der Waals surface area contributed by atoms with E-state index in [1.54, 1.807) is 0 Å². The molecular weight excluding hydrogens is 310 g/mol. The number of nitrogens with zero attached hydrogens (tertiary/aromatic N) is 2. The minimum atomic E-state index is -3.64. The molecular formula is C14H18ClN3O2S. The molecule has 2 atom stereocenters. The molecule has 0 aliphatic carbocycles. The van der Waals surface area contributed by atoms with Crippen molar-refractivity contribution in [2.75, 3.05) is 13.1 Å². The average Bonchev–Trinajstić information content (AvgIpc) is 2.46. The molecule has 0 spiro atoms. The second kappa shape index (κ2) is 6.32. The number of halogens is 1. The average molecular weight is 328 g/mol. The molecule has 7 heteroatoms. The summed E-state index contributed by atoms with van der Waals surface area (Å²) in [5, 5.41) is 9.01. The van der Waals surface area contributed by atoms with E-state index in [1.165, 1.54) is 22.5 Å². The zero-order valence-electron chi connectivity index (χ0n) is 11.8. The standard InChI is InChI=1S/C14H18ClN3O2S/c1-10-3-2-6-18(14(10)9-17)21(19,20)12-5-4-11(8-16)13(15)7-12/h4-5,7,10,14H,2-3,6,9,17H2,1H3/t10-,14+/m0/s1. The molecule has 1 fully saturated rings. The van der Waals surface area contributed by atoms with Gasteiger partial charge in [-0.1, -0.05) is 18.5 Å². The van der Waals surface area contributed by atoms with Crippen LogP contribution >= 0.6 is 11.6 Å². The van der Waals surface area contributed by atoms with Crippen LogP contribution in [-0.4, -0.2) is 31.9 Å². The van der Waals surface area contributed by atoms with Gasteiger partial charge in [-0.05, 0) is 37.0 Å². The Labute approximate surface area is 130 Å². The molecule has 1 aliphatic rings. The van der Waals surface area contributed by atoms with Crippen LogP contribution in [0.2, 0.25) is 5.02 Å². The Bertz CT molecular complexity index is 669. The molecule has 1 aromatic carbocycles. The third-order valence-corrected chi connectivity index (χ3v) is 6.21. The van der Waals surface area contributed by atoms with Crippen molar-refractivity contribution in [1.82, 2.24) is 4.31 Å². The van der Waals surface area contributed by atoms with E-state index in [9.17, 15) is 8.42 Å². The second-order valence-electron chi connectivity index (χ2n) is 5.29. The fraction of sp³-hybridized carbons (Fsp3) is 0.500. The summed E-state index contributed by atoms with van der Waals surface area (Å²) in [5.74, 6) is 0.229. The van der Waals surface area contributed by atoms with E-state index in [1.807, 2.05) is 13.0 Å². The predicted octanol–water partition coefficient (Wildman–Crippen LogP) is 1.96. The van der Waals surface area contributed by atoms with Gasteiger partial charge in [-0.3, -0.25) is 0 Å². The topological polar surface area (TPSA) is 87.2 Å². The normalized spacial score (nSPS) is 23.7. The summed E-state index contributed by atoms with van der Waals surface area (Å²) < 4.78 is 27.0. The van der Waals surface area contributed by atoms with E-state index < -0.39 is 10.0 Å². The number of nitrogens with two attached hydrogens (primary N) is 1. The van der Waals surface area contributed by atoms with Crippen molar-refractivity contribution in [2.45, 2.75) is 30.7 Å². The van der Waals surface area contributed by atoms with Crippen molar-refractivity contribution in [3.63, 3.8) is 0 Å². The van der Waals surface area contributed by atoms with Gasteiger partial charge in [-0.2, -0.15) is 9.57 Å². The summed E-state index contributed by atoms with van der Waals surface area (Å²) in [4.78, 5) is 0.110. The molecule has 0 bridgehead atoms. The molecule has 114 valence electrons. The van der Waals surface area contributed by atoms with E-state index in [0.717, 1.165) is 12.8 Å². The van der Waals surface area contributed by atoms with Gasteiger partial charge < -0.3 is 5.73 Å². The van der Waals surface area contributed by atoms with E-state index in [2.05, 4.69) is 0 Å². The Morgan fingerprint density at radius 1 is 1.52 bits per heavy atom. The van der Waals surface area contributed by atoms with Gasteiger partial charge >= 0.3 is 0 Å². The molecule has 1 aliphatic heterocycles. The van der Waals surface area contributed by atoms with Crippen LogP contribution < -0.4 is 5.73 Å². The van der Waals surface area contributed by atoms with Crippen LogP contribution in [0.5, 0.6) is 0 Å². The van der Waals surface area contributed by atoms with Crippen LogP contribution in [-0.2, 0) is 10.0 Å². The van der Waals surface area contributed by atoms with E-state index >= 15 is 0 Å². The summed E-state index contributed by atoms with van der Waals surface area (Å²) in [7, 11) is -3.64. The number of benzene rings is 1. The van der Waals surface area contributed by atoms with Crippen molar-refractivity contribution in [3.8, 4) is 6.07 Å². The SMILES string of the molecule is C[C@H]1CCCN(S(=O)(=O)c2ccc(C#N)c(Cl)c2)[C@@H]1CN. The van der Waals surface area contributed by atoms with Crippen molar-refractivity contribution in [2.24, 2.45) is 11.7 Å². The van der Waals surface area contributed by atoms with E-state index in [4.69, 9.17) is 22.6 Å². The molecule has 0 unspecified atom stereocenters. The number of sulfonamides is 1. The maximum atomic E-state index is 12.8. The fourth-order valence-corrected chi connectivity index (χ4v) is 4.83. The summed E-state index contributed by atoms with van der Waals surface area (Å²) >= 11 is 5.94. The van der Waals surface area contributed by atoms with E-state index in [-0.39, 0.29) is 27.4 Å². The van der Waals surface area contributed by atoms with Gasteiger partial charge in [-0.15, -0.1) is 0 Å². The maximum absolute atomic E-state index is 12.8. The highest BCUT2D eigenvalue weighted by atomic mass is 35.5. The third kappa shape index (κ3) is 3.06. The Kier molecular flexibility index (Phi) is 4.89. The highest BCUT2D eigenvalue weighted by Gasteiger charge is 2.36. The third-order valence-electron chi connectivity index (χ3n) is 3.97. The lowest BCUT2D eigenvalue weighted by molar-refractivity contribution is 0.192. The predicted molar refractivity (Wildman–Crippen MR) is 81.3 cm³/mol. The van der Waals surface area contributed by atoms with Crippen molar-refractivity contribution < 1.29 is 8.42 Å². The number of piperidine rings is 1. The molecule has 0 radical (unpaired) electrons. The largest absolute Gasteiger partial charge is 0.329 e. The molecule has 5 nitrogen and oxygen atoms in total. The van der Waals surface area contributed by atoms with Crippen LogP contribution in [0.1, 0.15) is 25.3 Å². The molecule has 21 heavy (non-hydrogen) atoms. The van der Waals surface area contributed by atoms with E-state index in [0.29, 0.717) is 13.1 Å². The van der Waals surface area contributed by atoms with Gasteiger partial charge in [0, 0.05) is 19.1 Å². The number of rotatable bonds is 3. The van der Waals surface area contributed by atoms with Crippen LogP contribution in [0.25, 0.3) is 0 Å². The first-order chi connectivity index (χ1) is 9.91. The first-order valence-electron chi connectivity index (χ1n) is 6.83. The first-order valence-corrected chi connectivity index (χ1v) is 8.65. The molecule has 2 N–H and O–H groups in total. The molecule has 2 rings (SSSR count). The Morgan fingerprint density at radius 3 is 2.81 bits per heavy atom. The summed E-state index contributed by atoms with van der Waals surface area (Å²) in [6.45, 7) is 2.78. The number of nitriles is 1. The highest BCUT2D eigenvalue weighted by Crippen LogP contribution is 2.30. The van der Waals surface area contributed by atoms with Gasteiger partial charge in [0.1, 0.15) is 6.07 Å². The monoisotopic (exact) mass is 327 g/mol.